The third kappa shape index (κ3) is 2.76. The van der Waals surface area contributed by atoms with Gasteiger partial charge in [-0.1, -0.05) is 6.92 Å². The molecule has 2 rings (SSSR count). The van der Waals surface area contributed by atoms with Gasteiger partial charge >= 0.3 is 0 Å². The second-order valence-corrected chi connectivity index (χ2v) is 6.53. The maximum Gasteiger partial charge on any atom is 0.244 e. The summed E-state index contributed by atoms with van der Waals surface area (Å²) in [5.41, 5.74) is 0. The average molecular weight is 271 g/mol. The van der Waals surface area contributed by atoms with E-state index >= 15 is 0 Å². The van der Waals surface area contributed by atoms with E-state index in [9.17, 15) is 8.42 Å². The topological polar surface area (TPSA) is 65.2 Å². The van der Waals surface area contributed by atoms with E-state index in [0.717, 1.165) is 32.4 Å². The standard InChI is InChI=1S/C12H21N3O2S/c1-2-9-15(11-3-6-13-7-4-11)18(16,17)12-5-8-14-10-12/h5,8,10-11,13-14H,2-4,6-7,9H2,1H3. The zero-order chi connectivity index (χ0) is 13.0. The predicted octanol–water partition coefficient (Wildman–Crippen LogP) is 1.17. The zero-order valence-electron chi connectivity index (χ0n) is 10.7. The van der Waals surface area contributed by atoms with E-state index in [1.807, 2.05) is 6.92 Å². The Kier molecular flexibility index (Phi) is 4.42. The van der Waals surface area contributed by atoms with Crippen molar-refractivity contribution in [2.45, 2.75) is 37.1 Å². The summed E-state index contributed by atoms with van der Waals surface area (Å²) in [6, 6.07) is 1.75. The molecule has 0 aromatic carbocycles. The van der Waals surface area contributed by atoms with Crippen LogP contribution in [0.2, 0.25) is 0 Å². The molecule has 1 fully saturated rings. The number of hydrogen-bond acceptors (Lipinski definition) is 3. The first-order valence-electron chi connectivity index (χ1n) is 6.51. The number of rotatable bonds is 5. The quantitative estimate of drug-likeness (QED) is 0.845. The molecule has 18 heavy (non-hydrogen) atoms. The van der Waals surface area contributed by atoms with E-state index in [0.29, 0.717) is 11.4 Å². The van der Waals surface area contributed by atoms with Gasteiger partial charge in [0.1, 0.15) is 0 Å². The lowest BCUT2D eigenvalue weighted by atomic mass is 10.1. The Morgan fingerprint density at radius 1 is 1.39 bits per heavy atom. The number of sulfonamides is 1. The summed E-state index contributed by atoms with van der Waals surface area (Å²) in [6.45, 7) is 4.40. The first-order chi connectivity index (χ1) is 8.66. The molecule has 102 valence electrons. The number of aromatic amines is 1. The van der Waals surface area contributed by atoms with Crippen LogP contribution in [0.3, 0.4) is 0 Å². The van der Waals surface area contributed by atoms with Crippen molar-refractivity contribution in [1.29, 1.82) is 0 Å². The second kappa shape index (κ2) is 5.86. The molecule has 1 aliphatic rings. The largest absolute Gasteiger partial charge is 0.366 e. The highest BCUT2D eigenvalue weighted by molar-refractivity contribution is 7.89. The summed E-state index contributed by atoms with van der Waals surface area (Å²) in [5, 5.41) is 3.27. The van der Waals surface area contributed by atoms with Gasteiger partial charge in [0.05, 0.1) is 4.90 Å². The molecular formula is C12H21N3O2S. The third-order valence-corrected chi connectivity index (χ3v) is 5.28. The Labute approximate surface area is 109 Å². The lowest BCUT2D eigenvalue weighted by Gasteiger charge is -2.33. The molecular weight excluding hydrogens is 250 g/mol. The molecule has 5 nitrogen and oxygen atoms in total. The van der Waals surface area contributed by atoms with E-state index in [1.54, 1.807) is 22.8 Å². The number of piperidine rings is 1. The summed E-state index contributed by atoms with van der Waals surface area (Å²) in [6.07, 6.45) is 5.83. The molecule has 0 atom stereocenters. The Morgan fingerprint density at radius 3 is 2.67 bits per heavy atom. The highest BCUT2D eigenvalue weighted by Crippen LogP contribution is 2.22. The number of nitrogens with one attached hydrogen (secondary N) is 2. The normalized spacial score (nSPS) is 18.3. The highest BCUT2D eigenvalue weighted by atomic mass is 32.2. The highest BCUT2D eigenvalue weighted by Gasteiger charge is 2.31. The van der Waals surface area contributed by atoms with Crippen LogP contribution in [0.15, 0.2) is 23.4 Å². The molecule has 1 saturated heterocycles. The van der Waals surface area contributed by atoms with Crippen LogP contribution in [0.25, 0.3) is 0 Å². The molecule has 0 amide bonds. The summed E-state index contributed by atoms with van der Waals surface area (Å²) in [7, 11) is -3.35. The average Bonchev–Trinajstić information content (AvgIpc) is 2.91. The van der Waals surface area contributed by atoms with Crippen LogP contribution < -0.4 is 5.32 Å². The van der Waals surface area contributed by atoms with Crippen molar-refractivity contribution in [2.24, 2.45) is 0 Å². The van der Waals surface area contributed by atoms with Crippen molar-refractivity contribution >= 4 is 10.0 Å². The molecule has 6 heteroatoms. The lowest BCUT2D eigenvalue weighted by molar-refractivity contribution is 0.262. The van der Waals surface area contributed by atoms with Crippen LogP contribution in [0, 0.1) is 0 Å². The fraction of sp³-hybridized carbons (Fsp3) is 0.667. The van der Waals surface area contributed by atoms with Crippen LogP contribution >= 0.6 is 0 Å². The van der Waals surface area contributed by atoms with Gasteiger partial charge in [0.25, 0.3) is 0 Å². The smallest absolute Gasteiger partial charge is 0.244 e. The fourth-order valence-electron chi connectivity index (χ4n) is 2.42. The Bertz CT molecular complexity index is 450. The zero-order valence-corrected chi connectivity index (χ0v) is 11.5. The molecule has 0 radical (unpaired) electrons. The van der Waals surface area contributed by atoms with E-state index in [2.05, 4.69) is 10.3 Å². The Hall–Kier alpha value is -0.850. The molecule has 0 aliphatic carbocycles. The summed E-state index contributed by atoms with van der Waals surface area (Å²) < 4.78 is 26.8. The van der Waals surface area contributed by atoms with Crippen LogP contribution in [-0.2, 0) is 10.0 Å². The molecule has 1 aliphatic heterocycles. The summed E-state index contributed by atoms with van der Waals surface area (Å²) in [5.74, 6) is 0. The molecule has 2 heterocycles. The monoisotopic (exact) mass is 271 g/mol. The first-order valence-corrected chi connectivity index (χ1v) is 7.95. The van der Waals surface area contributed by atoms with Crippen LogP contribution in [0.4, 0.5) is 0 Å². The van der Waals surface area contributed by atoms with Crippen molar-refractivity contribution < 1.29 is 8.42 Å². The third-order valence-electron chi connectivity index (χ3n) is 3.34. The first kappa shape index (κ1) is 13.6. The van der Waals surface area contributed by atoms with Gasteiger partial charge in [-0.25, -0.2) is 8.42 Å². The summed E-state index contributed by atoms with van der Waals surface area (Å²) in [4.78, 5) is 3.19. The molecule has 0 unspecified atom stereocenters. The van der Waals surface area contributed by atoms with Crippen molar-refractivity contribution in [3.05, 3.63) is 18.5 Å². The van der Waals surface area contributed by atoms with Crippen molar-refractivity contribution in [2.75, 3.05) is 19.6 Å². The Morgan fingerprint density at radius 2 is 2.11 bits per heavy atom. The van der Waals surface area contributed by atoms with E-state index < -0.39 is 10.0 Å². The number of nitrogens with zero attached hydrogens (tertiary/aromatic N) is 1. The Balaban J connectivity index is 2.23. The molecule has 2 N–H and O–H groups in total. The van der Waals surface area contributed by atoms with Crippen molar-refractivity contribution in [3.63, 3.8) is 0 Å². The molecule has 0 saturated carbocycles. The van der Waals surface area contributed by atoms with Gasteiger partial charge in [-0.3, -0.25) is 0 Å². The van der Waals surface area contributed by atoms with Gasteiger partial charge in [0.15, 0.2) is 0 Å². The molecule has 1 aromatic rings. The van der Waals surface area contributed by atoms with Gasteiger partial charge < -0.3 is 10.3 Å². The maximum absolute atomic E-state index is 12.6. The van der Waals surface area contributed by atoms with Gasteiger partial charge in [0.2, 0.25) is 10.0 Å². The van der Waals surface area contributed by atoms with Crippen LogP contribution in [0.1, 0.15) is 26.2 Å². The van der Waals surface area contributed by atoms with E-state index in [-0.39, 0.29) is 6.04 Å². The predicted molar refractivity (Wildman–Crippen MR) is 70.9 cm³/mol. The van der Waals surface area contributed by atoms with Gasteiger partial charge in [0, 0.05) is 25.0 Å². The van der Waals surface area contributed by atoms with E-state index in [1.165, 1.54) is 0 Å². The van der Waals surface area contributed by atoms with Crippen molar-refractivity contribution in [3.8, 4) is 0 Å². The minimum Gasteiger partial charge on any atom is -0.366 e. The van der Waals surface area contributed by atoms with Crippen LogP contribution in [-0.4, -0.2) is 43.4 Å². The van der Waals surface area contributed by atoms with Gasteiger partial charge in [-0.2, -0.15) is 4.31 Å². The number of aromatic nitrogens is 1. The molecule has 0 spiro atoms. The van der Waals surface area contributed by atoms with Gasteiger partial charge in [-0.05, 0) is 38.4 Å². The SMILES string of the molecule is CCCN(C1CCNCC1)S(=O)(=O)c1cc[nH]c1. The fourth-order valence-corrected chi connectivity index (χ4v) is 4.17. The number of hydrogen-bond donors (Lipinski definition) is 2. The van der Waals surface area contributed by atoms with Gasteiger partial charge in [-0.15, -0.1) is 0 Å². The lowest BCUT2D eigenvalue weighted by Crippen LogP contribution is -2.46. The summed E-state index contributed by atoms with van der Waals surface area (Å²) >= 11 is 0. The van der Waals surface area contributed by atoms with E-state index in [4.69, 9.17) is 0 Å². The minimum atomic E-state index is -3.35. The minimum absolute atomic E-state index is 0.131. The second-order valence-electron chi connectivity index (χ2n) is 4.64. The molecule has 1 aromatic heterocycles. The van der Waals surface area contributed by atoms with Crippen molar-refractivity contribution in [1.82, 2.24) is 14.6 Å². The number of H-pyrrole nitrogens is 1. The molecule has 0 bridgehead atoms. The van der Waals surface area contributed by atoms with Crippen LogP contribution in [0.5, 0.6) is 0 Å². The maximum atomic E-state index is 12.6.